The number of hydrogen-bond donors (Lipinski definition) is 2. The first-order chi connectivity index (χ1) is 22.8. The molecule has 0 unspecified atom stereocenters. The molecule has 47 heavy (non-hydrogen) atoms. The first-order valence-corrected chi connectivity index (χ1v) is 20.3. The normalized spacial score (nSPS) is 17.0. The summed E-state index contributed by atoms with van der Waals surface area (Å²) >= 11 is 0. The maximum Gasteiger partial charge on any atom is 0.500 e. The van der Waals surface area contributed by atoms with Crippen molar-refractivity contribution < 1.29 is 37.4 Å². The first-order valence-electron chi connectivity index (χ1n) is 18.3. The number of unbranched alkanes of at least 4 members (excludes halogenated alkanes) is 5. The van der Waals surface area contributed by atoms with Gasteiger partial charge in [0.1, 0.15) is 5.75 Å². The Morgan fingerprint density at radius 1 is 0.830 bits per heavy atom. The number of aliphatic carboxylic acids is 1. The Labute approximate surface area is 285 Å². The van der Waals surface area contributed by atoms with Crippen molar-refractivity contribution in [2.45, 2.75) is 124 Å². The molecule has 2 N–H and O–H groups in total. The minimum absolute atomic E-state index is 0.331. The van der Waals surface area contributed by atoms with Crippen LogP contribution in [0.15, 0.2) is 29.8 Å². The molecule has 0 radical (unpaired) electrons. The summed E-state index contributed by atoms with van der Waals surface area (Å²) in [6.45, 7) is 11.2. The summed E-state index contributed by atoms with van der Waals surface area (Å²) in [4.78, 5) is 23.9. The SMILES string of the molecule is CCCCCC1CCC(COc2ccc(/C=C(\CCCCCCOC(=O)NCCC[Si](OCC)(OCC)OCC)C(=O)O)cc2)CC1. The largest absolute Gasteiger partial charge is 0.500 e. The average Bonchev–Trinajstić information content (AvgIpc) is 3.06. The van der Waals surface area contributed by atoms with E-state index in [4.69, 9.17) is 22.8 Å². The van der Waals surface area contributed by atoms with Crippen molar-refractivity contribution in [1.29, 1.82) is 0 Å². The monoisotopic (exact) mass is 677 g/mol. The quantitative estimate of drug-likeness (QED) is 0.0568. The van der Waals surface area contributed by atoms with Gasteiger partial charge in [0.25, 0.3) is 0 Å². The van der Waals surface area contributed by atoms with E-state index < -0.39 is 20.9 Å². The molecule has 0 aromatic heterocycles. The molecule has 0 atom stereocenters. The van der Waals surface area contributed by atoms with E-state index in [1.807, 2.05) is 45.0 Å². The second-order valence-electron chi connectivity index (χ2n) is 12.5. The van der Waals surface area contributed by atoms with E-state index in [1.54, 1.807) is 6.08 Å². The maximum absolute atomic E-state index is 12.1. The molecule has 0 spiro atoms. The number of rotatable bonds is 26. The summed E-state index contributed by atoms with van der Waals surface area (Å²) in [5.74, 6) is 1.48. The van der Waals surface area contributed by atoms with E-state index in [2.05, 4.69) is 12.2 Å². The molecule has 0 heterocycles. The number of benzene rings is 1. The lowest BCUT2D eigenvalue weighted by Gasteiger charge is -2.28. The van der Waals surface area contributed by atoms with Gasteiger partial charge in [-0.3, -0.25) is 0 Å². The number of nitrogens with one attached hydrogen (secondary N) is 1. The first kappa shape index (κ1) is 40.8. The lowest BCUT2D eigenvalue weighted by atomic mass is 9.80. The van der Waals surface area contributed by atoms with Gasteiger partial charge in [-0.15, -0.1) is 0 Å². The van der Waals surface area contributed by atoms with Crippen molar-refractivity contribution in [2.24, 2.45) is 11.8 Å². The molecular weight excluding hydrogens is 614 g/mol. The third kappa shape index (κ3) is 17.5. The molecular formula is C37H63NO8Si. The second kappa shape index (κ2) is 24.7. The van der Waals surface area contributed by atoms with E-state index in [-0.39, 0.29) is 0 Å². The van der Waals surface area contributed by atoms with Crippen molar-refractivity contribution in [3.8, 4) is 5.75 Å². The third-order valence-electron chi connectivity index (χ3n) is 8.76. The molecule has 1 amide bonds. The fraction of sp³-hybridized carbons (Fsp3) is 0.730. The van der Waals surface area contributed by atoms with Crippen LogP contribution in [0.5, 0.6) is 5.75 Å². The van der Waals surface area contributed by atoms with Gasteiger partial charge in [0.05, 0.1) is 13.2 Å². The molecule has 10 heteroatoms. The standard InChI is InChI=1S/C37H63NO8Si/c1-5-9-12-16-31-18-20-33(21-19-31)30-43-35-24-22-32(23-25-35)29-34(36(39)40)17-13-10-11-14-27-42-37(41)38-26-15-28-47(44-6-2,45-7-3)46-8-4/h22-25,29,31,33H,5-21,26-28,30H2,1-4H3,(H,38,41)(H,39,40)/b34-29+. The molecule has 2 rings (SSSR count). The molecule has 1 aliphatic rings. The van der Waals surface area contributed by atoms with Gasteiger partial charge in [0.15, 0.2) is 0 Å². The maximum atomic E-state index is 12.1. The van der Waals surface area contributed by atoms with Crippen LogP contribution in [-0.2, 0) is 22.8 Å². The molecule has 1 fully saturated rings. The van der Waals surface area contributed by atoms with Crippen LogP contribution in [-0.4, -0.2) is 65.6 Å². The molecule has 1 aromatic rings. The summed E-state index contributed by atoms with van der Waals surface area (Å²) in [5, 5.41) is 12.5. The number of carbonyl (C=O) groups excluding carboxylic acids is 1. The fourth-order valence-corrected chi connectivity index (χ4v) is 8.78. The van der Waals surface area contributed by atoms with Gasteiger partial charge in [-0.25, -0.2) is 9.59 Å². The van der Waals surface area contributed by atoms with Crippen LogP contribution in [0.1, 0.15) is 123 Å². The van der Waals surface area contributed by atoms with Crippen molar-refractivity contribution >= 4 is 26.9 Å². The number of carboxylic acids is 1. The highest BCUT2D eigenvalue weighted by molar-refractivity contribution is 6.60. The topological polar surface area (TPSA) is 113 Å². The van der Waals surface area contributed by atoms with Crippen molar-refractivity contribution in [2.75, 3.05) is 39.6 Å². The van der Waals surface area contributed by atoms with Gasteiger partial charge in [-0.2, -0.15) is 0 Å². The number of carboxylic acid groups (broad SMARTS) is 1. The lowest BCUT2D eigenvalue weighted by Crippen LogP contribution is -2.46. The second-order valence-corrected chi connectivity index (χ2v) is 15.3. The van der Waals surface area contributed by atoms with Gasteiger partial charge in [0, 0.05) is 38.0 Å². The van der Waals surface area contributed by atoms with Crippen molar-refractivity contribution in [3.63, 3.8) is 0 Å². The highest BCUT2D eigenvalue weighted by Gasteiger charge is 2.39. The minimum Gasteiger partial charge on any atom is -0.493 e. The molecule has 0 saturated heterocycles. The van der Waals surface area contributed by atoms with Crippen molar-refractivity contribution in [1.82, 2.24) is 5.32 Å². The van der Waals surface area contributed by atoms with E-state index in [0.29, 0.717) is 63.3 Å². The minimum atomic E-state index is -2.70. The molecule has 1 saturated carbocycles. The predicted octanol–water partition coefficient (Wildman–Crippen LogP) is 9.04. The summed E-state index contributed by atoms with van der Waals surface area (Å²) in [6.07, 6.45) is 16.3. The highest BCUT2D eigenvalue weighted by atomic mass is 28.4. The zero-order valence-corrected chi connectivity index (χ0v) is 30.7. The third-order valence-corrected chi connectivity index (χ3v) is 11.9. The van der Waals surface area contributed by atoms with Gasteiger partial charge >= 0.3 is 20.9 Å². The summed E-state index contributed by atoms with van der Waals surface area (Å²) < 4.78 is 28.9. The van der Waals surface area contributed by atoms with Gasteiger partial charge in [0.2, 0.25) is 0 Å². The number of carbonyl (C=O) groups is 2. The number of alkyl carbamates (subject to hydrolysis) is 1. The Hall–Kier alpha value is -2.40. The highest BCUT2D eigenvalue weighted by Crippen LogP contribution is 2.32. The molecule has 0 aliphatic heterocycles. The lowest BCUT2D eigenvalue weighted by molar-refractivity contribution is -0.132. The summed E-state index contributed by atoms with van der Waals surface area (Å²) in [7, 11) is -2.70. The Balaban J connectivity index is 1.60. The fourth-order valence-electron chi connectivity index (χ4n) is 6.17. The Morgan fingerprint density at radius 3 is 2.09 bits per heavy atom. The average molecular weight is 678 g/mol. The van der Waals surface area contributed by atoms with Crippen LogP contribution in [0.4, 0.5) is 4.79 Å². The van der Waals surface area contributed by atoms with Crippen LogP contribution in [0, 0.1) is 11.8 Å². The summed E-state index contributed by atoms with van der Waals surface area (Å²) in [6, 6.07) is 8.38. The van der Waals surface area contributed by atoms with E-state index in [0.717, 1.165) is 49.5 Å². The van der Waals surface area contributed by atoms with E-state index in [9.17, 15) is 14.7 Å². The zero-order chi connectivity index (χ0) is 34.2. The number of ether oxygens (including phenoxy) is 2. The van der Waals surface area contributed by atoms with Crippen LogP contribution >= 0.6 is 0 Å². The van der Waals surface area contributed by atoms with Crippen LogP contribution < -0.4 is 10.1 Å². The zero-order valence-electron chi connectivity index (χ0n) is 29.7. The molecule has 9 nitrogen and oxygen atoms in total. The van der Waals surface area contributed by atoms with Gasteiger partial charge < -0.3 is 33.2 Å². The van der Waals surface area contributed by atoms with Crippen molar-refractivity contribution in [3.05, 3.63) is 35.4 Å². The Morgan fingerprint density at radius 2 is 1.47 bits per heavy atom. The Bertz CT molecular complexity index is 993. The smallest absolute Gasteiger partial charge is 0.493 e. The van der Waals surface area contributed by atoms with Crippen LogP contribution in [0.25, 0.3) is 6.08 Å². The van der Waals surface area contributed by atoms with E-state index >= 15 is 0 Å². The molecule has 268 valence electrons. The molecule has 1 aliphatic carbocycles. The molecule has 0 bridgehead atoms. The van der Waals surface area contributed by atoms with Crippen LogP contribution in [0.2, 0.25) is 6.04 Å². The Kier molecular flexibility index (Phi) is 21.4. The number of hydrogen-bond acceptors (Lipinski definition) is 7. The number of amides is 1. The molecule has 1 aromatic carbocycles. The van der Waals surface area contributed by atoms with E-state index in [1.165, 1.54) is 51.4 Å². The predicted molar refractivity (Wildman–Crippen MR) is 190 cm³/mol. The van der Waals surface area contributed by atoms with Crippen LogP contribution in [0.3, 0.4) is 0 Å². The summed E-state index contributed by atoms with van der Waals surface area (Å²) in [5.41, 5.74) is 1.26. The van der Waals surface area contributed by atoms with Gasteiger partial charge in [-0.05, 0) is 94.9 Å². The van der Waals surface area contributed by atoms with Gasteiger partial charge in [-0.1, -0.05) is 70.4 Å².